The van der Waals surface area contributed by atoms with Crippen LogP contribution >= 0.6 is 22.9 Å². The Labute approximate surface area is 116 Å². The second kappa shape index (κ2) is 6.55. The number of hydrogen-bond donors (Lipinski definition) is 1. The van der Waals surface area contributed by atoms with Gasteiger partial charge in [0.25, 0.3) is 0 Å². The lowest BCUT2D eigenvalue weighted by atomic mass is 10.1. The van der Waals surface area contributed by atoms with E-state index in [4.69, 9.17) is 16.9 Å². The Morgan fingerprint density at radius 2 is 1.94 bits per heavy atom. The maximum Gasteiger partial charge on any atom is 0.0991 e. The molecular weight excluding hydrogens is 264 g/mol. The van der Waals surface area contributed by atoms with E-state index >= 15 is 0 Å². The van der Waals surface area contributed by atoms with E-state index in [1.54, 1.807) is 11.3 Å². The summed E-state index contributed by atoms with van der Waals surface area (Å²) in [5.41, 5.74) is 1.89. The molecule has 0 radical (unpaired) electrons. The molecule has 1 aromatic carbocycles. The monoisotopic (exact) mass is 276 g/mol. The molecule has 0 amide bonds. The summed E-state index contributed by atoms with van der Waals surface area (Å²) in [6, 6.07) is 13.8. The van der Waals surface area contributed by atoms with Crippen LogP contribution in [0.15, 0.2) is 36.4 Å². The molecule has 0 fully saturated rings. The topological polar surface area (TPSA) is 35.8 Å². The first-order valence-electron chi connectivity index (χ1n) is 5.72. The summed E-state index contributed by atoms with van der Waals surface area (Å²) < 4.78 is 0.845. The maximum atomic E-state index is 8.70. The average Bonchev–Trinajstić information content (AvgIpc) is 2.81. The highest BCUT2D eigenvalue weighted by Crippen LogP contribution is 2.21. The Morgan fingerprint density at radius 3 is 2.56 bits per heavy atom. The molecule has 1 N–H and O–H groups in total. The van der Waals surface area contributed by atoms with Gasteiger partial charge in [0.05, 0.1) is 16.0 Å². The number of halogens is 1. The van der Waals surface area contributed by atoms with Crippen molar-refractivity contribution in [3.05, 3.63) is 56.7 Å². The first-order valence-corrected chi connectivity index (χ1v) is 6.91. The smallest absolute Gasteiger partial charge is 0.0991 e. The molecule has 0 saturated heterocycles. The molecule has 1 heterocycles. The Balaban J connectivity index is 1.73. The zero-order valence-electron chi connectivity index (χ0n) is 9.82. The number of rotatable bonds is 5. The molecule has 1 aromatic heterocycles. The van der Waals surface area contributed by atoms with E-state index in [1.165, 1.54) is 10.4 Å². The van der Waals surface area contributed by atoms with Crippen molar-refractivity contribution in [2.75, 3.05) is 6.54 Å². The molecular formula is C14H13ClN2S. The highest BCUT2D eigenvalue weighted by Gasteiger charge is 1.98. The number of hydrogen-bond acceptors (Lipinski definition) is 3. The van der Waals surface area contributed by atoms with Crippen LogP contribution in [-0.2, 0) is 13.0 Å². The molecule has 2 nitrogen and oxygen atoms in total. The molecule has 4 heteroatoms. The van der Waals surface area contributed by atoms with Crippen LogP contribution in [0.3, 0.4) is 0 Å². The van der Waals surface area contributed by atoms with Crippen LogP contribution in [0.4, 0.5) is 0 Å². The second-order valence-electron chi connectivity index (χ2n) is 3.94. The number of nitrogens with one attached hydrogen (secondary N) is 1. The van der Waals surface area contributed by atoms with Crippen molar-refractivity contribution in [1.82, 2.24) is 5.32 Å². The van der Waals surface area contributed by atoms with Crippen molar-refractivity contribution in [1.29, 1.82) is 5.26 Å². The van der Waals surface area contributed by atoms with Gasteiger partial charge in [0, 0.05) is 18.0 Å². The third-order valence-corrected chi connectivity index (χ3v) is 3.88. The van der Waals surface area contributed by atoms with Crippen LogP contribution < -0.4 is 5.32 Å². The van der Waals surface area contributed by atoms with Crippen molar-refractivity contribution in [2.45, 2.75) is 13.0 Å². The summed E-state index contributed by atoms with van der Waals surface area (Å²) in [4.78, 5) is 1.30. The zero-order chi connectivity index (χ0) is 12.8. The van der Waals surface area contributed by atoms with Crippen LogP contribution in [-0.4, -0.2) is 6.54 Å². The second-order valence-corrected chi connectivity index (χ2v) is 5.74. The molecule has 0 aliphatic heterocycles. The zero-order valence-corrected chi connectivity index (χ0v) is 11.4. The maximum absolute atomic E-state index is 8.70. The van der Waals surface area contributed by atoms with E-state index in [9.17, 15) is 0 Å². The SMILES string of the molecule is N#Cc1ccc(CNCCc2ccc(Cl)s2)cc1. The third-order valence-electron chi connectivity index (χ3n) is 2.59. The molecule has 0 saturated carbocycles. The lowest BCUT2D eigenvalue weighted by Gasteiger charge is -2.03. The minimum Gasteiger partial charge on any atom is -0.312 e. The van der Waals surface area contributed by atoms with Crippen molar-refractivity contribution >= 4 is 22.9 Å². The molecule has 92 valence electrons. The van der Waals surface area contributed by atoms with E-state index in [-0.39, 0.29) is 0 Å². The van der Waals surface area contributed by atoms with Gasteiger partial charge in [0.15, 0.2) is 0 Å². The van der Waals surface area contributed by atoms with Crippen molar-refractivity contribution in [3.63, 3.8) is 0 Å². The van der Waals surface area contributed by atoms with E-state index in [2.05, 4.69) is 17.5 Å². The first-order chi connectivity index (χ1) is 8.78. The van der Waals surface area contributed by atoms with Gasteiger partial charge in [0.1, 0.15) is 0 Å². The quantitative estimate of drug-likeness (QED) is 0.847. The van der Waals surface area contributed by atoms with Crippen LogP contribution in [0.25, 0.3) is 0 Å². The minimum absolute atomic E-state index is 0.701. The van der Waals surface area contributed by atoms with Crippen LogP contribution in [0, 0.1) is 11.3 Å². The largest absolute Gasteiger partial charge is 0.312 e. The number of nitriles is 1. The number of nitrogens with zero attached hydrogens (tertiary/aromatic N) is 1. The van der Waals surface area contributed by atoms with Crippen molar-refractivity contribution in [2.24, 2.45) is 0 Å². The van der Waals surface area contributed by atoms with Gasteiger partial charge < -0.3 is 5.32 Å². The van der Waals surface area contributed by atoms with E-state index in [0.717, 1.165) is 23.8 Å². The van der Waals surface area contributed by atoms with Gasteiger partial charge >= 0.3 is 0 Å². The molecule has 18 heavy (non-hydrogen) atoms. The predicted octanol–water partition coefficient (Wildman–Crippen LogP) is 3.61. The van der Waals surface area contributed by atoms with Gasteiger partial charge in [-0.25, -0.2) is 0 Å². The number of thiophene rings is 1. The molecule has 0 spiro atoms. The van der Waals surface area contributed by atoms with E-state index in [1.807, 2.05) is 30.3 Å². The fourth-order valence-electron chi connectivity index (χ4n) is 1.63. The molecule has 0 bridgehead atoms. The van der Waals surface area contributed by atoms with Crippen molar-refractivity contribution < 1.29 is 0 Å². The lowest BCUT2D eigenvalue weighted by Crippen LogP contribution is -2.16. The van der Waals surface area contributed by atoms with E-state index in [0.29, 0.717) is 5.56 Å². The first kappa shape index (κ1) is 13.1. The summed E-state index contributed by atoms with van der Waals surface area (Å²) in [6.07, 6.45) is 0.994. The van der Waals surface area contributed by atoms with Crippen molar-refractivity contribution in [3.8, 4) is 6.07 Å². The average molecular weight is 277 g/mol. The Hall–Kier alpha value is -1.34. The molecule has 0 atom stereocenters. The summed E-state index contributed by atoms with van der Waals surface area (Å²) in [6.45, 7) is 1.75. The van der Waals surface area contributed by atoms with Gasteiger partial charge in [0.2, 0.25) is 0 Å². The Bertz CT molecular complexity index is 540. The van der Waals surface area contributed by atoms with Gasteiger partial charge in [-0.15, -0.1) is 11.3 Å². The Kier molecular flexibility index (Phi) is 4.77. The highest BCUT2D eigenvalue weighted by atomic mass is 35.5. The molecule has 0 unspecified atom stereocenters. The van der Waals surface area contributed by atoms with Crippen LogP contribution in [0.2, 0.25) is 4.34 Å². The van der Waals surface area contributed by atoms with Crippen LogP contribution in [0.1, 0.15) is 16.0 Å². The van der Waals surface area contributed by atoms with E-state index < -0.39 is 0 Å². The molecule has 2 rings (SSSR count). The van der Waals surface area contributed by atoms with Gasteiger partial charge in [-0.1, -0.05) is 23.7 Å². The van der Waals surface area contributed by atoms with Gasteiger partial charge in [-0.2, -0.15) is 5.26 Å². The molecule has 0 aliphatic rings. The standard InChI is InChI=1S/C14H13ClN2S/c15-14-6-5-13(18-14)7-8-17-10-12-3-1-11(9-16)2-4-12/h1-6,17H,7-8,10H2. The third kappa shape index (κ3) is 3.85. The molecule has 2 aromatic rings. The molecule has 0 aliphatic carbocycles. The lowest BCUT2D eigenvalue weighted by molar-refractivity contribution is 0.690. The predicted molar refractivity (Wildman–Crippen MR) is 75.9 cm³/mol. The Morgan fingerprint density at radius 1 is 1.17 bits per heavy atom. The minimum atomic E-state index is 0.701. The van der Waals surface area contributed by atoms with Gasteiger partial charge in [-0.05, 0) is 36.2 Å². The summed E-state index contributed by atoms with van der Waals surface area (Å²) in [5, 5.41) is 12.1. The summed E-state index contributed by atoms with van der Waals surface area (Å²) >= 11 is 7.50. The summed E-state index contributed by atoms with van der Waals surface area (Å²) in [5.74, 6) is 0. The van der Waals surface area contributed by atoms with Crippen LogP contribution in [0.5, 0.6) is 0 Å². The fourth-order valence-corrected chi connectivity index (χ4v) is 2.71. The normalized spacial score (nSPS) is 10.2. The summed E-state index contributed by atoms with van der Waals surface area (Å²) in [7, 11) is 0. The number of benzene rings is 1. The van der Waals surface area contributed by atoms with Gasteiger partial charge in [-0.3, -0.25) is 0 Å². The fraction of sp³-hybridized carbons (Fsp3) is 0.214. The highest BCUT2D eigenvalue weighted by molar-refractivity contribution is 7.16.